The summed E-state index contributed by atoms with van der Waals surface area (Å²) in [6.45, 7) is 4.44. The van der Waals surface area contributed by atoms with Crippen molar-refractivity contribution in [1.82, 2.24) is 9.78 Å². The van der Waals surface area contributed by atoms with Crippen molar-refractivity contribution in [1.29, 1.82) is 0 Å². The van der Waals surface area contributed by atoms with E-state index in [2.05, 4.69) is 10.4 Å². The molecule has 0 spiro atoms. The number of benzene rings is 2. The van der Waals surface area contributed by atoms with Gasteiger partial charge in [0.1, 0.15) is 18.1 Å². The normalized spacial score (nSPS) is 10.9. The van der Waals surface area contributed by atoms with Crippen LogP contribution in [-0.2, 0) is 13.2 Å². The lowest BCUT2D eigenvalue weighted by Gasteiger charge is -2.08. The minimum absolute atomic E-state index is 0.182. The van der Waals surface area contributed by atoms with Crippen LogP contribution < -0.4 is 10.1 Å². The second-order valence-electron chi connectivity index (χ2n) is 7.26. The number of anilines is 1. The molecule has 1 amide bonds. The second kappa shape index (κ2) is 9.51. The van der Waals surface area contributed by atoms with E-state index in [4.69, 9.17) is 32.4 Å². The molecular formula is C24H21Cl2N3O3. The number of furan rings is 1. The van der Waals surface area contributed by atoms with Crippen molar-refractivity contribution in [2.24, 2.45) is 0 Å². The first-order valence-electron chi connectivity index (χ1n) is 9.96. The molecule has 2 heterocycles. The number of hydrogen-bond donors (Lipinski definition) is 1. The first kappa shape index (κ1) is 22.0. The monoisotopic (exact) mass is 469 g/mol. The van der Waals surface area contributed by atoms with Crippen molar-refractivity contribution in [3.8, 4) is 5.75 Å². The molecule has 0 aliphatic carbocycles. The number of carbonyl (C=O) groups is 1. The summed E-state index contributed by atoms with van der Waals surface area (Å²) in [6.07, 6.45) is 0. The molecule has 164 valence electrons. The molecule has 0 aliphatic rings. The number of nitrogens with one attached hydrogen (secondary N) is 1. The molecule has 0 radical (unpaired) electrons. The SMILES string of the molecule is Cc1nn(Cc2ccccc2Cl)c(C)c1NC(=O)c1ccc(COc2cccc(Cl)c2)o1. The highest BCUT2D eigenvalue weighted by Crippen LogP contribution is 2.24. The Morgan fingerprint density at radius 2 is 1.91 bits per heavy atom. The third kappa shape index (κ3) is 4.98. The fourth-order valence-electron chi connectivity index (χ4n) is 3.28. The van der Waals surface area contributed by atoms with Crippen LogP contribution in [0.25, 0.3) is 0 Å². The van der Waals surface area contributed by atoms with E-state index < -0.39 is 0 Å². The number of ether oxygens (including phenoxy) is 1. The Labute approximate surface area is 195 Å². The third-order valence-corrected chi connectivity index (χ3v) is 5.56. The van der Waals surface area contributed by atoms with Crippen molar-refractivity contribution in [2.45, 2.75) is 27.0 Å². The van der Waals surface area contributed by atoms with Gasteiger partial charge in [-0.3, -0.25) is 9.48 Å². The summed E-state index contributed by atoms with van der Waals surface area (Å²) in [4.78, 5) is 12.8. The number of amides is 1. The summed E-state index contributed by atoms with van der Waals surface area (Å²) >= 11 is 12.2. The molecule has 4 aromatic rings. The number of carbonyl (C=O) groups excluding carboxylic acids is 1. The fourth-order valence-corrected chi connectivity index (χ4v) is 3.66. The summed E-state index contributed by atoms with van der Waals surface area (Å²) in [5, 5.41) is 8.71. The van der Waals surface area contributed by atoms with Crippen molar-refractivity contribution < 1.29 is 13.9 Å². The van der Waals surface area contributed by atoms with E-state index in [1.54, 1.807) is 36.4 Å². The molecule has 8 heteroatoms. The van der Waals surface area contributed by atoms with Crippen LogP contribution in [0.5, 0.6) is 5.75 Å². The van der Waals surface area contributed by atoms with Crippen molar-refractivity contribution in [3.05, 3.63) is 99.2 Å². The van der Waals surface area contributed by atoms with Crippen LogP contribution in [0.3, 0.4) is 0 Å². The summed E-state index contributed by atoms with van der Waals surface area (Å²) in [6, 6.07) is 18.0. The van der Waals surface area contributed by atoms with Crippen LogP contribution in [0.4, 0.5) is 5.69 Å². The molecule has 0 fully saturated rings. The Morgan fingerprint density at radius 1 is 1.09 bits per heavy atom. The van der Waals surface area contributed by atoms with Gasteiger partial charge in [-0.25, -0.2) is 0 Å². The Hall–Kier alpha value is -3.22. The Balaban J connectivity index is 1.43. The summed E-state index contributed by atoms with van der Waals surface area (Å²) in [5.74, 6) is 0.977. The van der Waals surface area contributed by atoms with E-state index in [1.807, 2.05) is 42.8 Å². The highest BCUT2D eigenvalue weighted by Gasteiger charge is 2.18. The maximum absolute atomic E-state index is 12.8. The summed E-state index contributed by atoms with van der Waals surface area (Å²) in [5.41, 5.74) is 3.13. The van der Waals surface area contributed by atoms with Crippen LogP contribution in [-0.4, -0.2) is 15.7 Å². The zero-order valence-electron chi connectivity index (χ0n) is 17.6. The molecule has 4 rings (SSSR count). The molecule has 32 heavy (non-hydrogen) atoms. The second-order valence-corrected chi connectivity index (χ2v) is 8.10. The predicted octanol–water partition coefficient (Wildman–Crippen LogP) is 6.28. The molecule has 0 unspecified atom stereocenters. The first-order valence-corrected chi connectivity index (χ1v) is 10.7. The van der Waals surface area contributed by atoms with Gasteiger partial charge in [0, 0.05) is 10.0 Å². The van der Waals surface area contributed by atoms with E-state index in [-0.39, 0.29) is 18.3 Å². The van der Waals surface area contributed by atoms with Crippen LogP contribution in [0.2, 0.25) is 10.0 Å². The van der Waals surface area contributed by atoms with Crippen LogP contribution in [0.15, 0.2) is 65.1 Å². The van der Waals surface area contributed by atoms with Crippen LogP contribution in [0, 0.1) is 13.8 Å². The molecule has 0 saturated carbocycles. The Kier molecular flexibility index (Phi) is 6.53. The molecule has 0 saturated heterocycles. The Morgan fingerprint density at radius 3 is 2.69 bits per heavy atom. The standard InChI is InChI=1S/C24H21Cl2N3O3/c1-15-23(16(2)29(28-15)13-17-6-3-4-9-21(17)26)27-24(30)22-11-10-20(32-22)14-31-19-8-5-7-18(25)12-19/h3-12H,13-14H2,1-2H3,(H,27,30). The van der Waals surface area contributed by atoms with Gasteiger partial charge in [0.05, 0.1) is 23.6 Å². The topological polar surface area (TPSA) is 69.3 Å². The lowest BCUT2D eigenvalue weighted by molar-refractivity contribution is 0.0992. The number of aromatic nitrogens is 2. The molecule has 6 nitrogen and oxygen atoms in total. The summed E-state index contributed by atoms with van der Waals surface area (Å²) < 4.78 is 13.1. The minimum atomic E-state index is -0.359. The number of aryl methyl sites for hydroxylation is 1. The van der Waals surface area contributed by atoms with Crippen LogP contribution >= 0.6 is 23.2 Å². The molecule has 0 aliphatic heterocycles. The lowest BCUT2D eigenvalue weighted by Crippen LogP contribution is -2.12. The first-order chi connectivity index (χ1) is 15.4. The minimum Gasteiger partial charge on any atom is -0.486 e. The van der Waals surface area contributed by atoms with E-state index in [0.717, 1.165) is 11.3 Å². The highest BCUT2D eigenvalue weighted by molar-refractivity contribution is 6.31. The van der Waals surface area contributed by atoms with Gasteiger partial charge in [0.25, 0.3) is 5.91 Å². The van der Waals surface area contributed by atoms with Gasteiger partial charge in [0.2, 0.25) is 0 Å². The average molecular weight is 470 g/mol. The van der Waals surface area contributed by atoms with Gasteiger partial charge in [-0.1, -0.05) is 47.5 Å². The van der Waals surface area contributed by atoms with Gasteiger partial charge in [-0.2, -0.15) is 5.10 Å². The number of halogens is 2. The van der Waals surface area contributed by atoms with E-state index in [9.17, 15) is 4.79 Å². The largest absolute Gasteiger partial charge is 0.486 e. The molecule has 1 N–H and O–H groups in total. The molecule has 0 bridgehead atoms. The maximum atomic E-state index is 12.8. The zero-order valence-corrected chi connectivity index (χ0v) is 19.1. The zero-order chi connectivity index (χ0) is 22.7. The maximum Gasteiger partial charge on any atom is 0.291 e. The van der Waals surface area contributed by atoms with Gasteiger partial charge < -0.3 is 14.5 Å². The van der Waals surface area contributed by atoms with E-state index in [1.165, 1.54) is 0 Å². The Bertz CT molecular complexity index is 1260. The average Bonchev–Trinajstić information content (AvgIpc) is 3.34. The van der Waals surface area contributed by atoms with Crippen LogP contribution in [0.1, 0.15) is 33.3 Å². The molecule has 2 aromatic carbocycles. The molecule has 2 aromatic heterocycles. The van der Waals surface area contributed by atoms with Crippen molar-refractivity contribution in [3.63, 3.8) is 0 Å². The number of rotatable bonds is 7. The van der Waals surface area contributed by atoms with Crippen molar-refractivity contribution >= 4 is 34.8 Å². The lowest BCUT2D eigenvalue weighted by atomic mass is 10.2. The van der Waals surface area contributed by atoms with Gasteiger partial charge in [0.15, 0.2) is 5.76 Å². The van der Waals surface area contributed by atoms with Gasteiger partial charge >= 0.3 is 0 Å². The number of nitrogens with zero attached hydrogens (tertiary/aromatic N) is 2. The van der Waals surface area contributed by atoms with Gasteiger partial charge in [-0.05, 0) is 55.8 Å². The fraction of sp³-hybridized carbons (Fsp3) is 0.167. The van der Waals surface area contributed by atoms with Crippen molar-refractivity contribution in [2.75, 3.05) is 5.32 Å². The number of hydrogen-bond acceptors (Lipinski definition) is 4. The van der Waals surface area contributed by atoms with E-state index in [0.29, 0.717) is 39.5 Å². The highest BCUT2D eigenvalue weighted by atomic mass is 35.5. The predicted molar refractivity (Wildman–Crippen MR) is 125 cm³/mol. The smallest absolute Gasteiger partial charge is 0.291 e. The molecular weight excluding hydrogens is 449 g/mol. The summed E-state index contributed by atoms with van der Waals surface area (Å²) in [7, 11) is 0. The third-order valence-electron chi connectivity index (χ3n) is 4.96. The quantitative estimate of drug-likeness (QED) is 0.345. The molecule has 0 atom stereocenters. The van der Waals surface area contributed by atoms with Gasteiger partial charge in [-0.15, -0.1) is 0 Å². The van der Waals surface area contributed by atoms with E-state index >= 15 is 0 Å².